The SMILES string of the molecule is CC(=O)NCCCC(SC(CCCNC(C)=O)c1cnc[nH]1)c1cnc[nH]1. The van der Waals surface area contributed by atoms with Crippen molar-refractivity contribution in [3.63, 3.8) is 0 Å². The van der Waals surface area contributed by atoms with Gasteiger partial charge in [0.05, 0.1) is 12.7 Å². The summed E-state index contributed by atoms with van der Waals surface area (Å²) in [5, 5.41) is 6.16. The predicted molar refractivity (Wildman–Crippen MR) is 106 cm³/mol. The van der Waals surface area contributed by atoms with Crippen LogP contribution < -0.4 is 10.6 Å². The van der Waals surface area contributed by atoms with Gasteiger partial charge in [0.25, 0.3) is 0 Å². The normalized spacial score (nSPS) is 13.1. The second kappa shape index (κ2) is 11.4. The summed E-state index contributed by atoms with van der Waals surface area (Å²) < 4.78 is 0. The van der Waals surface area contributed by atoms with Crippen molar-refractivity contribution < 1.29 is 9.59 Å². The molecule has 0 spiro atoms. The van der Waals surface area contributed by atoms with Gasteiger partial charge < -0.3 is 20.6 Å². The molecule has 0 saturated heterocycles. The van der Waals surface area contributed by atoms with Crippen molar-refractivity contribution in [2.75, 3.05) is 13.1 Å². The summed E-state index contributed by atoms with van der Waals surface area (Å²) in [5.41, 5.74) is 2.16. The predicted octanol–water partition coefficient (Wildman–Crippen LogP) is 2.48. The molecule has 0 fully saturated rings. The van der Waals surface area contributed by atoms with E-state index in [4.69, 9.17) is 0 Å². The molecule has 8 nitrogen and oxygen atoms in total. The number of thioether (sulfide) groups is 1. The second-order valence-electron chi connectivity index (χ2n) is 6.38. The van der Waals surface area contributed by atoms with Crippen LogP contribution in [0.25, 0.3) is 0 Å². The van der Waals surface area contributed by atoms with E-state index >= 15 is 0 Å². The zero-order valence-corrected chi connectivity index (χ0v) is 16.6. The molecule has 2 aromatic rings. The molecule has 0 aliphatic heterocycles. The number of nitrogens with zero attached hydrogens (tertiary/aromatic N) is 2. The van der Waals surface area contributed by atoms with Crippen LogP contribution in [0.1, 0.15) is 61.4 Å². The molecule has 0 aliphatic rings. The van der Waals surface area contributed by atoms with Crippen molar-refractivity contribution in [3.05, 3.63) is 36.4 Å². The van der Waals surface area contributed by atoms with E-state index in [0.717, 1.165) is 37.1 Å². The number of imidazole rings is 2. The van der Waals surface area contributed by atoms with E-state index in [1.54, 1.807) is 12.7 Å². The molecule has 148 valence electrons. The minimum atomic E-state index is -0.00551. The summed E-state index contributed by atoms with van der Waals surface area (Å²) in [7, 11) is 0. The van der Waals surface area contributed by atoms with Crippen molar-refractivity contribution in [3.8, 4) is 0 Å². The Balaban J connectivity index is 1.98. The van der Waals surface area contributed by atoms with Gasteiger partial charge in [-0.25, -0.2) is 9.97 Å². The number of hydrogen-bond acceptors (Lipinski definition) is 5. The summed E-state index contributed by atoms with van der Waals surface area (Å²) in [6, 6.07) is 0. The Morgan fingerprint density at radius 2 is 1.37 bits per heavy atom. The van der Waals surface area contributed by atoms with Gasteiger partial charge in [0, 0.05) is 61.2 Å². The van der Waals surface area contributed by atoms with Crippen LogP contribution in [0.3, 0.4) is 0 Å². The molecule has 0 aliphatic carbocycles. The molecular formula is C18H28N6O2S. The molecule has 2 heterocycles. The Hall–Kier alpha value is -2.29. The maximum atomic E-state index is 11.1. The Morgan fingerprint density at radius 3 is 1.70 bits per heavy atom. The fraction of sp³-hybridized carbons (Fsp3) is 0.556. The standard InChI is InChI=1S/C18H28N6O2S/c1-13(25)21-7-3-5-17(15-9-19-11-23-15)27-18(16-10-20-12-24-16)6-4-8-22-14(2)26/h9-12,17-18H,3-8H2,1-2H3,(H,19,23)(H,20,24)(H,21,25)(H,22,26). The van der Waals surface area contributed by atoms with Gasteiger partial charge in [-0.1, -0.05) is 0 Å². The fourth-order valence-electron chi connectivity index (χ4n) is 2.78. The number of H-pyrrole nitrogens is 2. The van der Waals surface area contributed by atoms with Crippen LogP contribution in [0.2, 0.25) is 0 Å². The number of carbonyl (C=O) groups is 2. The van der Waals surface area contributed by atoms with Crippen LogP contribution in [0.4, 0.5) is 0 Å². The zero-order chi connectivity index (χ0) is 19.5. The highest BCUT2D eigenvalue weighted by Crippen LogP contribution is 2.43. The summed E-state index contributed by atoms with van der Waals surface area (Å²) in [4.78, 5) is 36.9. The third-order valence-electron chi connectivity index (χ3n) is 4.10. The van der Waals surface area contributed by atoms with Crippen molar-refractivity contribution >= 4 is 23.6 Å². The molecule has 0 radical (unpaired) electrons. The molecule has 0 bridgehead atoms. The number of carbonyl (C=O) groups excluding carboxylic acids is 2. The number of amides is 2. The lowest BCUT2D eigenvalue weighted by Gasteiger charge is -2.22. The lowest BCUT2D eigenvalue weighted by atomic mass is 10.2. The molecule has 2 unspecified atom stereocenters. The first kappa shape index (κ1) is 21.0. The topological polar surface area (TPSA) is 116 Å². The summed E-state index contributed by atoms with van der Waals surface area (Å²) in [6.45, 7) is 4.39. The lowest BCUT2D eigenvalue weighted by molar-refractivity contribution is -0.119. The van der Waals surface area contributed by atoms with E-state index in [1.807, 2.05) is 24.2 Å². The average Bonchev–Trinajstić information content (AvgIpc) is 3.32. The van der Waals surface area contributed by atoms with Gasteiger partial charge in [-0.05, 0) is 25.7 Å². The summed E-state index contributed by atoms with van der Waals surface area (Å²) in [6.07, 6.45) is 10.7. The van der Waals surface area contributed by atoms with Crippen LogP contribution in [-0.2, 0) is 9.59 Å². The smallest absolute Gasteiger partial charge is 0.216 e. The average molecular weight is 393 g/mol. The van der Waals surface area contributed by atoms with Gasteiger partial charge in [-0.3, -0.25) is 9.59 Å². The first-order valence-electron chi connectivity index (χ1n) is 9.17. The van der Waals surface area contributed by atoms with E-state index in [1.165, 1.54) is 13.8 Å². The molecule has 0 saturated carbocycles. The van der Waals surface area contributed by atoms with E-state index in [2.05, 4.69) is 30.6 Å². The maximum absolute atomic E-state index is 11.1. The Kier molecular flexibility index (Phi) is 8.90. The highest BCUT2D eigenvalue weighted by Gasteiger charge is 2.22. The third-order valence-corrected chi connectivity index (χ3v) is 5.73. The number of aromatic amines is 2. The van der Waals surface area contributed by atoms with E-state index < -0.39 is 0 Å². The molecule has 0 aromatic carbocycles. The van der Waals surface area contributed by atoms with Crippen LogP contribution in [0, 0.1) is 0 Å². The quantitative estimate of drug-likeness (QED) is 0.414. The van der Waals surface area contributed by atoms with Gasteiger partial charge in [0.2, 0.25) is 11.8 Å². The molecular weight excluding hydrogens is 364 g/mol. The van der Waals surface area contributed by atoms with Crippen molar-refractivity contribution in [1.29, 1.82) is 0 Å². The van der Waals surface area contributed by atoms with Gasteiger partial charge in [-0.15, -0.1) is 11.8 Å². The van der Waals surface area contributed by atoms with Crippen molar-refractivity contribution in [2.24, 2.45) is 0 Å². The molecule has 2 atom stereocenters. The highest BCUT2D eigenvalue weighted by molar-refractivity contribution is 7.99. The monoisotopic (exact) mass is 392 g/mol. The van der Waals surface area contributed by atoms with Gasteiger partial charge >= 0.3 is 0 Å². The zero-order valence-electron chi connectivity index (χ0n) is 15.8. The van der Waals surface area contributed by atoms with Crippen LogP contribution in [0.5, 0.6) is 0 Å². The van der Waals surface area contributed by atoms with Gasteiger partial charge in [0.1, 0.15) is 0 Å². The Labute approximate surface area is 163 Å². The maximum Gasteiger partial charge on any atom is 0.216 e. The number of hydrogen-bond donors (Lipinski definition) is 4. The molecule has 4 N–H and O–H groups in total. The largest absolute Gasteiger partial charge is 0.356 e. The number of aromatic nitrogens is 4. The molecule has 9 heteroatoms. The van der Waals surface area contributed by atoms with Crippen LogP contribution in [0.15, 0.2) is 25.0 Å². The van der Waals surface area contributed by atoms with E-state index in [-0.39, 0.29) is 22.3 Å². The second-order valence-corrected chi connectivity index (χ2v) is 7.79. The Morgan fingerprint density at radius 1 is 0.926 bits per heavy atom. The summed E-state index contributed by atoms with van der Waals surface area (Å²) >= 11 is 1.86. The molecule has 27 heavy (non-hydrogen) atoms. The first-order valence-corrected chi connectivity index (χ1v) is 10.1. The van der Waals surface area contributed by atoms with Gasteiger partial charge in [-0.2, -0.15) is 0 Å². The molecule has 2 aromatic heterocycles. The van der Waals surface area contributed by atoms with Crippen LogP contribution >= 0.6 is 11.8 Å². The fourth-order valence-corrected chi connectivity index (χ4v) is 4.33. The minimum Gasteiger partial charge on any atom is -0.356 e. The third kappa shape index (κ3) is 7.86. The highest BCUT2D eigenvalue weighted by atomic mass is 32.2. The number of rotatable bonds is 12. The molecule has 2 amide bonds. The van der Waals surface area contributed by atoms with Gasteiger partial charge in [0.15, 0.2) is 0 Å². The number of nitrogens with one attached hydrogen (secondary N) is 4. The first-order chi connectivity index (χ1) is 13.1. The minimum absolute atomic E-state index is 0.00551. The van der Waals surface area contributed by atoms with Crippen molar-refractivity contribution in [1.82, 2.24) is 30.6 Å². The van der Waals surface area contributed by atoms with E-state index in [9.17, 15) is 9.59 Å². The Bertz CT molecular complexity index is 616. The summed E-state index contributed by atoms with van der Waals surface area (Å²) in [5.74, 6) is -0.0110. The lowest BCUT2D eigenvalue weighted by Crippen LogP contribution is -2.21. The van der Waals surface area contributed by atoms with Crippen molar-refractivity contribution in [2.45, 2.75) is 50.0 Å². The molecule has 2 rings (SSSR count). The van der Waals surface area contributed by atoms with E-state index in [0.29, 0.717) is 13.1 Å². The van der Waals surface area contributed by atoms with Crippen LogP contribution in [-0.4, -0.2) is 44.8 Å².